The smallest absolute Gasteiger partial charge is 0.193 e. The molecule has 2 aromatic carbocycles. The van der Waals surface area contributed by atoms with Gasteiger partial charge in [-0.15, -0.1) is 0 Å². The lowest BCUT2D eigenvalue weighted by Gasteiger charge is -2.11. The zero-order chi connectivity index (χ0) is 18.4. The molecule has 0 saturated heterocycles. The second-order valence-electron chi connectivity index (χ2n) is 5.93. The van der Waals surface area contributed by atoms with Crippen molar-refractivity contribution < 1.29 is 13.2 Å². The summed E-state index contributed by atoms with van der Waals surface area (Å²) in [5.74, 6) is 1.08. The second kappa shape index (κ2) is 8.02. The van der Waals surface area contributed by atoms with Crippen LogP contribution < -0.4 is 15.8 Å². The minimum atomic E-state index is -3.19. The van der Waals surface area contributed by atoms with Crippen molar-refractivity contribution in [2.45, 2.75) is 31.4 Å². The summed E-state index contributed by atoms with van der Waals surface area (Å²) in [6.45, 7) is 4.30. The Morgan fingerprint density at radius 3 is 2.24 bits per heavy atom. The SMILES string of the molecule is CC(C)Oc1ccc(NC(N)=NCc2ccc(S(C)(=O)=O)cc2)cc1. The molecule has 0 saturated carbocycles. The van der Waals surface area contributed by atoms with E-state index in [0.717, 1.165) is 17.0 Å². The summed E-state index contributed by atoms with van der Waals surface area (Å²) < 4.78 is 28.4. The first kappa shape index (κ1) is 18.8. The molecule has 0 aromatic heterocycles. The topological polar surface area (TPSA) is 93.8 Å². The van der Waals surface area contributed by atoms with Crippen molar-refractivity contribution >= 4 is 21.5 Å². The molecule has 0 spiro atoms. The molecule has 0 fully saturated rings. The lowest BCUT2D eigenvalue weighted by Crippen LogP contribution is -2.22. The number of hydrogen-bond acceptors (Lipinski definition) is 4. The monoisotopic (exact) mass is 361 g/mol. The van der Waals surface area contributed by atoms with E-state index in [9.17, 15) is 8.42 Å². The minimum Gasteiger partial charge on any atom is -0.491 e. The van der Waals surface area contributed by atoms with Crippen LogP contribution in [0.1, 0.15) is 19.4 Å². The van der Waals surface area contributed by atoms with Crippen molar-refractivity contribution in [2.75, 3.05) is 11.6 Å². The number of guanidine groups is 1. The number of sulfone groups is 1. The Kier molecular flexibility index (Phi) is 6.03. The van der Waals surface area contributed by atoms with Crippen LogP contribution in [0.2, 0.25) is 0 Å². The first-order valence-corrected chi connectivity index (χ1v) is 9.76. The van der Waals surface area contributed by atoms with Gasteiger partial charge in [0.05, 0.1) is 17.5 Å². The Hall–Kier alpha value is -2.54. The zero-order valence-corrected chi connectivity index (χ0v) is 15.4. The molecule has 2 aromatic rings. The van der Waals surface area contributed by atoms with Gasteiger partial charge in [0.25, 0.3) is 0 Å². The highest BCUT2D eigenvalue weighted by Gasteiger charge is 2.06. The van der Waals surface area contributed by atoms with Crippen LogP contribution in [0.3, 0.4) is 0 Å². The molecule has 134 valence electrons. The van der Waals surface area contributed by atoms with Gasteiger partial charge < -0.3 is 15.8 Å². The molecular formula is C18H23N3O3S. The van der Waals surface area contributed by atoms with Crippen LogP contribution in [0.4, 0.5) is 5.69 Å². The molecule has 0 aliphatic heterocycles. The summed E-state index contributed by atoms with van der Waals surface area (Å²) in [5, 5.41) is 3.00. The number of rotatable bonds is 6. The lowest BCUT2D eigenvalue weighted by molar-refractivity contribution is 0.242. The molecule has 0 aliphatic carbocycles. The molecule has 0 bridgehead atoms. The summed E-state index contributed by atoms with van der Waals surface area (Å²) in [4.78, 5) is 4.54. The van der Waals surface area contributed by atoms with Gasteiger partial charge >= 0.3 is 0 Å². The van der Waals surface area contributed by atoms with Crippen molar-refractivity contribution in [3.63, 3.8) is 0 Å². The number of nitrogens with one attached hydrogen (secondary N) is 1. The normalized spacial score (nSPS) is 12.2. The third kappa shape index (κ3) is 6.11. The summed E-state index contributed by atoms with van der Waals surface area (Å²) in [7, 11) is -3.19. The Bertz CT molecular complexity index is 827. The third-order valence-corrected chi connectivity index (χ3v) is 4.41. The number of nitrogens with zero attached hydrogens (tertiary/aromatic N) is 1. The molecule has 0 radical (unpaired) electrons. The van der Waals surface area contributed by atoms with Crippen LogP contribution >= 0.6 is 0 Å². The summed E-state index contributed by atoms with van der Waals surface area (Å²) in [5.41, 5.74) is 7.57. The van der Waals surface area contributed by atoms with E-state index in [-0.39, 0.29) is 17.0 Å². The maximum atomic E-state index is 11.4. The van der Waals surface area contributed by atoms with E-state index < -0.39 is 9.84 Å². The average Bonchev–Trinajstić information content (AvgIpc) is 2.54. The number of anilines is 1. The van der Waals surface area contributed by atoms with Gasteiger partial charge in [0.15, 0.2) is 15.8 Å². The highest BCUT2D eigenvalue weighted by molar-refractivity contribution is 7.90. The van der Waals surface area contributed by atoms with Gasteiger partial charge in [-0.2, -0.15) is 0 Å². The molecular weight excluding hydrogens is 338 g/mol. The first-order chi connectivity index (χ1) is 11.7. The minimum absolute atomic E-state index is 0.125. The van der Waals surface area contributed by atoms with Gasteiger partial charge in [0, 0.05) is 11.9 Å². The fraction of sp³-hybridized carbons (Fsp3) is 0.278. The molecule has 0 unspecified atom stereocenters. The fourth-order valence-electron chi connectivity index (χ4n) is 2.09. The predicted octanol–water partition coefficient (Wildman–Crippen LogP) is 2.80. The van der Waals surface area contributed by atoms with E-state index >= 15 is 0 Å². The molecule has 0 atom stereocenters. The quantitative estimate of drug-likeness (QED) is 0.609. The summed E-state index contributed by atoms with van der Waals surface area (Å²) in [6.07, 6.45) is 1.30. The number of benzene rings is 2. The van der Waals surface area contributed by atoms with Crippen molar-refractivity contribution in [2.24, 2.45) is 10.7 Å². The van der Waals surface area contributed by atoms with Crippen molar-refractivity contribution in [1.29, 1.82) is 0 Å². The Morgan fingerprint density at radius 2 is 1.72 bits per heavy atom. The van der Waals surface area contributed by atoms with Crippen molar-refractivity contribution in [1.82, 2.24) is 0 Å². The van der Waals surface area contributed by atoms with Crippen LogP contribution in [0.25, 0.3) is 0 Å². The third-order valence-electron chi connectivity index (χ3n) is 3.28. The van der Waals surface area contributed by atoms with Gasteiger partial charge in [-0.1, -0.05) is 12.1 Å². The average molecular weight is 361 g/mol. The van der Waals surface area contributed by atoms with Crippen molar-refractivity contribution in [3.05, 3.63) is 54.1 Å². The standard InChI is InChI=1S/C18H23N3O3S/c1-13(2)24-16-8-6-15(7-9-16)21-18(19)20-12-14-4-10-17(11-5-14)25(3,22)23/h4-11,13H,12H2,1-3H3,(H3,19,20,21). The molecule has 2 rings (SSSR count). The number of ether oxygens (including phenoxy) is 1. The van der Waals surface area contributed by atoms with Crippen LogP contribution in [-0.2, 0) is 16.4 Å². The van der Waals surface area contributed by atoms with Crippen LogP contribution in [0.5, 0.6) is 5.75 Å². The van der Waals surface area contributed by atoms with E-state index in [1.165, 1.54) is 6.26 Å². The molecule has 3 N–H and O–H groups in total. The van der Waals surface area contributed by atoms with Gasteiger partial charge in [0.2, 0.25) is 0 Å². The lowest BCUT2D eigenvalue weighted by atomic mass is 10.2. The Labute approximate surface area is 148 Å². The molecule has 7 heteroatoms. The van der Waals surface area contributed by atoms with Crippen LogP contribution in [0.15, 0.2) is 58.4 Å². The van der Waals surface area contributed by atoms with Gasteiger partial charge in [-0.05, 0) is 55.8 Å². The maximum Gasteiger partial charge on any atom is 0.193 e. The van der Waals surface area contributed by atoms with Crippen molar-refractivity contribution in [3.8, 4) is 5.75 Å². The number of hydrogen-bond donors (Lipinski definition) is 2. The zero-order valence-electron chi connectivity index (χ0n) is 14.6. The second-order valence-corrected chi connectivity index (χ2v) is 7.95. The Balaban J connectivity index is 1.95. The van der Waals surface area contributed by atoms with E-state index in [1.807, 2.05) is 38.1 Å². The van der Waals surface area contributed by atoms with E-state index in [0.29, 0.717) is 6.54 Å². The molecule has 6 nitrogen and oxygen atoms in total. The van der Waals surface area contributed by atoms with Gasteiger partial charge in [-0.25, -0.2) is 13.4 Å². The van der Waals surface area contributed by atoms with Gasteiger partial charge in [-0.3, -0.25) is 0 Å². The van der Waals surface area contributed by atoms with E-state index in [1.54, 1.807) is 24.3 Å². The molecule has 0 heterocycles. The first-order valence-electron chi connectivity index (χ1n) is 7.87. The molecule has 25 heavy (non-hydrogen) atoms. The van der Waals surface area contributed by atoms with Crippen LogP contribution in [-0.4, -0.2) is 26.7 Å². The summed E-state index contributed by atoms with van der Waals surface area (Å²) >= 11 is 0. The largest absolute Gasteiger partial charge is 0.491 e. The van der Waals surface area contributed by atoms with E-state index in [4.69, 9.17) is 10.5 Å². The van der Waals surface area contributed by atoms with Crippen LogP contribution in [0, 0.1) is 0 Å². The fourth-order valence-corrected chi connectivity index (χ4v) is 2.73. The maximum absolute atomic E-state index is 11.4. The molecule has 0 amide bonds. The number of nitrogens with two attached hydrogens (primary N) is 1. The predicted molar refractivity (Wildman–Crippen MR) is 101 cm³/mol. The molecule has 0 aliphatic rings. The van der Waals surface area contributed by atoms with Gasteiger partial charge in [0.1, 0.15) is 5.75 Å². The Morgan fingerprint density at radius 1 is 1.12 bits per heavy atom. The van der Waals surface area contributed by atoms with E-state index in [2.05, 4.69) is 10.3 Å². The number of aliphatic imine (C=N–C) groups is 1. The highest BCUT2D eigenvalue weighted by atomic mass is 32.2. The summed E-state index contributed by atoms with van der Waals surface area (Å²) in [6, 6.07) is 14.0. The highest BCUT2D eigenvalue weighted by Crippen LogP contribution is 2.17.